The number of nitrogens with zero attached hydrogens (tertiary/aromatic N) is 1. The van der Waals surface area contributed by atoms with E-state index in [0.717, 1.165) is 19.4 Å². The summed E-state index contributed by atoms with van der Waals surface area (Å²) in [5.41, 5.74) is 2.78. The summed E-state index contributed by atoms with van der Waals surface area (Å²) in [5.74, 6) is 0. The normalized spacial score (nSPS) is 12.5. The molecule has 0 saturated carbocycles. The van der Waals surface area contributed by atoms with E-state index in [1.807, 2.05) is 23.1 Å². The Morgan fingerprint density at radius 2 is 1.54 bits per heavy atom. The maximum absolute atomic E-state index is 2.50. The van der Waals surface area contributed by atoms with Gasteiger partial charge in [-0.15, -0.1) is 23.1 Å². The van der Waals surface area contributed by atoms with Crippen molar-refractivity contribution in [2.75, 3.05) is 7.05 Å². The SMILES string of the molecule is CN(Cc1ccccc1)C(CCc1ccccc1)Sc1cccc2ccsc12. The minimum absolute atomic E-state index is 0.424. The van der Waals surface area contributed by atoms with Gasteiger partial charge in [-0.25, -0.2) is 0 Å². The predicted octanol–water partition coefficient (Wildman–Crippen LogP) is 7.08. The molecule has 1 heterocycles. The lowest BCUT2D eigenvalue weighted by atomic mass is 10.1. The lowest BCUT2D eigenvalue weighted by Crippen LogP contribution is -2.29. The van der Waals surface area contributed by atoms with Crippen molar-refractivity contribution in [2.45, 2.75) is 29.7 Å². The quantitative estimate of drug-likeness (QED) is 0.228. The molecule has 28 heavy (non-hydrogen) atoms. The molecule has 0 fully saturated rings. The van der Waals surface area contributed by atoms with Crippen LogP contribution in [0.1, 0.15) is 17.5 Å². The molecule has 1 aromatic heterocycles. The zero-order valence-electron chi connectivity index (χ0n) is 16.1. The maximum Gasteiger partial charge on any atom is 0.0608 e. The van der Waals surface area contributed by atoms with E-state index in [0.29, 0.717) is 5.37 Å². The summed E-state index contributed by atoms with van der Waals surface area (Å²) in [6.45, 7) is 0.966. The number of rotatable bonds is 8. The van der Waals surface area contributed by atoms with E-state index in [2.05, 4.69) is 102 Å². The number of benzene rings is 3. The lowest BCUT2D eigenvalue weighted by Gasteiger charge is -2.28. The Kier molecular flexibility index (Phi) is 6.48. The number of hydrogen-bond acceptors (Lipinski definition) is 3. The highest BCUT2D eigenvalue weighted by Gasteiger charge is 2.18. The van der Waals surface area contributed by atoms with E-state index in [1.54, 1.807) is 0 Å². The lowest BCUT2D eigenvalue weighted by molar-refractivity contribution is 0.295. The molecule has 142 valence electrons. The van der Waals surface area contributed by atoms with Gasteiger partial charge in [-0.3, -0.25) is 4.90 Å². The first kappa shape index (κ1) is 19.3. The molecule has 0 aliphatic carbocycles. The van der Waals surface area contributed by atoms with Gasteiger partial charge < -0.3 is 0 Å². The summed E-state index contributed by atoms with van der Waals surface area (Å²) in [6, 6.07) is 30.5. The first-order valence-electron chi connectivity index (χ1n) is 9.70. The topological polar surface area (TPSA) is 3.24 Å². The molecule has 4 aromatic rings. The minimum Gasteiger partial charge on any atom is -0.290 e. The van der Waals surface area contributed by atoms with E-state index in [-0.39, 0.29) is 0 Å². The van der Waals surface area contributed by atoms with E-state index in [4.69, 9.17) is 0 Å². The van der Waals surface area contributed by atoms with Crippen molar-refractivity contribution >= 4 is 33.2 Å². The summed E-state index contributed by atoms with van der Waals surface area (Å²) in [6.07, 6.45) is 2.22. The third-order valence-corrected chi connectivity index (χ3v) is 7.55. The van der Waals surface area contributed by atoms with Crippen molar-refractivity contribution in [1.29, 1.82) is 0 Å². The first-order valence-corrected chi connectivity index (χ1v) is 11.5. The second-order valence-electron chi connectivity index (χ2n) is 7.09. The van der Waals surface area contributed by atoms with Crippen LogP contribution in [0, 0.1) is 0 Å². The largest absolute Gasteiger partial charge is 0.290 e. The fourth-order valence-corrected chi connectivity index (χ4v) is 5.74. The van der Waals surface area contributed by atoms with Crippen LogP contribution in [-0.2, 0) is 13.0 Å². The third-order valence-electron chi connectivity index (χ3n) is 5.00. The molecule has 0 aliphatic heterocycles. The van der Waals surface area contributed by atoms with Crippen LogP contribution in [0.15, 0.2) is 95.2 Å². The Morgan fingerprint density at radius 3 is 2.29 bits per heavy atom. The van der Waals surface area contributed by atoms with Crippen LogP contribution >= 0.6 is 23.1 Å². The summed E-state index contributed by atoms with van der Waals surface area (Å²) < 4.78 is 1.41. The number of thioether (sulfide) groups is 1. The average molecular weight is 404 g/mol. The van der Waals surface area contributed by atoms with Gasteiger partial charge in [-0.2, -0.15) is 0 Å². The van der Waals surface area contributed by atoms with Gasteiger partial charge in [0.1, 0.15) is 0 Å². The average Bonchev–Trinajstić information content (AvgIpc) is 3.22. The van der Waals surface area contributed by atoms with Crippen molar-refractivity contribution in [3.63, 3.8) is 0 Å². The van der Waals surface area contributed by atoms with Gasteiger partial charge in [0.2, 0.25) is 0 Å². The molecule has 0 saturated heterocycles. The molecule has 0 amide bonds. The van der Waals surface area contributed by atoms with E-state index < -0.39 is 0 Å². The fourth-order valence-electron chi connectivity index (χ4n) is 3.48. The highest BCUT2D eigenvalue weighted by Crippen LogP contribution is 2.36. The van der Waals surface area contributed by atoms with Gasteiger partial charge in [-0.1, -0.05) is 72.8 Å². The molecule has 1 atom stereocenters. The predicted molar refractivity (Wildman–Crippen MR) is 124 cm³/mol. The molecular weight excluding hydrogens is 378 g/mol. The molecule has 1 unspecified atom stereocenters. The van der Waals surface area contributed by atoms with Crippen LogP contribution in [-0.4, -0.2) is 17.3 Å². The molecule has 0 spiro atoms. The third kappa shape index (κ3) is 4.85. The van der Waals surface area contributed by atoms with Gasteiger partial charge in [0.15, 0.2) is 0 Å². The van der Waals surface area contributed by atoms with E-state index >= 15 is 0 Å². The second-order valence-corrected chi connectivity index (χ2v) is 9.23. The van der Waals surface area contributed by atoms with Gasteiger partial charge in [-0.05, 0) is 53.9 Å². The van der Waals surface area contributed by atoms with Gasteiger partial charge in [0.05, 0.1) is 5.37 Å². The molecule has 3 aromatic carbocycles. The molecule has 0 N–H and O–H groups in total. The van der Waals surface area contributed by atoms with Crippen molar-refractivity contribution in [3.8, 4) is 0 Å². The molecular formula is C25H25NS2. The van der Waals surface area contributed by atoms with Crippen LogP contribution in [0.3, 0.4) is 0 Å². The van der Waals surface area contributed by atoms with Gasteiger partial charge >= 0.3 is 0 Å². The van der Waals surface area contributed by atoms with E-state index in [9.17, 15) is 0 Å². The summed E-state index contributed by atoms with van der Waals surface area (Å²) in [5, 5.41) is 3.97. The van der Waals surface area contributed by atoms with Crippen molar-refractivity contribution in [3.05, 3.63) is 101 Å². The van der Waals surface area contributed by atoms with Crippen LogP contribution in [0.5, 0.6) is 0 Å². The zero-order valence-corrected chi connectivity index (χ0v) is 17.8. The Balaban J connectivity index is 1.54. The molecule has 3 heteroatoms. The summed E-state index contributed by atoms with van der Waals surface area (Å²) >= 11 is 3.85. The number of thiophene rings is 1. The Labute approximate surface area is 176 Å². The minimum atomic E-state index is 0.424. The van der Waals surface area contributed by atoms with Crippen LogP contribution < -0.4 is 0 Å². The standard InChI is InChI=1S/C25H25NS2/c1-26(19-21-11-6-3-7-12-21)24(16-15-20-9-4-2-5-10-20)28-23-14-8-13-22-17-18-27-25(22)23/h2-14,17-18,24H,15-16,19H2,1H3. The fraction of sp³-hybridized carbons (Fsp3) is 0.200. The maximum atomic E-state index is 2.50. The molecule has 1 nitrogen and oxygen atoms in total. The smallest absolute Gasteiger partial charge is 0.0608 e. The summed E-state index contributed by atoms with van der Waals surface area (Å²) in [7, 11) is 2.25. The molecule has 0 bridgehead atoms. The first-order chi connectivity index (χ1) is 13.8. The molecule has 4 rings (SSSR count). The highest BCUT2D eigenvalue weighted by molar-refractivity contribution is 8.00. The summed E-state index contributed by atoms with van der Waals surface area (Å²) in [4.78, 5) is 3.89. The van der Waals surface area contributed by atoms with Crippen molar-refractivity contribution < 1.29 is 0 Å². The van der Waals surface area contributed by atoms with Crippen LogP contribution in [0.2, 0.25) is 0 Å². The monoisotopic (exact) mass is 403 g/mol. The van der Waals surface area contributed by atoms with Crippen molar-refractivity contribution in [1.82, 2.24) is 4.90 Å². The van der Waals surface area contributed by atoms with Crippen LogP contribution in [0.4, 0.5) is 0 Å². The van der Waals surface area contributed by atoms with Gasteiger partial charge in [0.25, 0.3) is 0 Å². The Bertz CT molecular complexity index is 995. The molecule has 0 aliphatic rings. The second kappa shape index (κ2) is 9.42. The number of aryl methyl sites for hydroxylation is 1. The Morgan fingerprint density at radius 1 is 0.821 bits per heavy atom. The Hall–Kier alpha value is -2.07. The van der Waals surface area contributed by atoms with Crippen LogP contribution in [0.25, 0.3) is 10.1 Å². The van der Waals surface area contributed by atoms with E-state index in [1.165, 1.54) is 26.1 Å². The molecule has 0 radical (unpaired) electrons. The zero-order chi connectivity index (χ0) is 19.2. The highest BCUT2D eigenvalue weighted by atomic mass is 32.2. The van der Waals surface area contributed by atoms with Crippen molar-refractivity contribution in [2.24, 2.45) is 0 Å². The number of hydrogen-bond donors (Lipinski definition) is 0. The van der Waals surface area contributed by atoms with Gasteiger partial charge in [0, 0.05) is 16.1 Å². The number of fused-ring (bicyclic) bond motifs is 1.